The number of anilines is 2. The molecule has 0 heterocycles. The van der Waals surface area contributed by atoms with Gasteiger partial charge >= 0.3 is 0 Å². The summed E-state index contributed by atoms with van der Waals surface area (Å²) in [5.74, 6) is -0.619. The Labute approximate surface area is 111 Å². The maximum atomic E-state index is 11.6. The van der Waals surface area contributed by atoms with E-state index in [0.717, 1.165) is 11.4 Å². The van der Waals surface area contributed by atoms with E-state index in [1.807, 2.05) is 6.07 Å². The van der Waals surface area contributed by atoms with Gasteiger partial charge in [0.05, 0.1) is 0 Å². The third-order valence-corrected chi connectivity index (χ3v) is 2.22. The number of benzene rings is 1. The average Bonchev–Trinajstić information content (AvgIpc) is 2.43. The van der Waals surface area contributed by atoms with E-state index in [9.17, 15) is 4.79 Å². The highest BCUT2D eigenvalue weighted by Crippen LogP contribution is 2.20. The molecule has 0 bridgehead atoms. The lowest BCUT2D eigenvalue weighted by molar-refractivity contribution is 0.100. The largest absolute Gasteiger partial charge is 0.382 e. The fourth-order valence-corrected chi connectivity index (χ4v) is 1.43. The number of rotatable bonds is 7. The smallest absolute Gasteiger partial charge is 0.249 e. The minimum Gasteiger partial charge on any atom is -0.382 e. The lowest BCUT2D eigenvalue weighted by Gasteiger charge is -2.10. The predicted octanol–water partition coefficient (Wildman–Crippen LogP) is 3.33. The van der Waals surface area contributed by atoms with Crippen molar-refractivity contribution in [3.05, 3.63) is 59.5 Å². The first kappa shape index (κ1) is 14.3. The molecule has 2 N–H and O–H groups in total. The lowest BCUT2D eigenvalue weighted by Crippen LogP contribution is -2.04. The lowest BCUT2D eigenvalue weighted by atomic mass is 10.1. The number of carbonyl (C=O) groups is 1. The van der Waals surface area contributed by atoms with Gasteiger partial charge in [-0.15, -0.1) is 13.2 Å². The maximum Gasteiger partial charge on any atom is 0.249 e. The van der Waals surface area contributed by atoms with E-state index in [4.69, 9.17) is 5.53 Å². The Morgan fingerprint density at radius 2 is 1.74 bits per heavy atom. The molecule has 0 saturated heterocycles. The highest BCUT2D eigenvalue weighted by Gasteiger charge is 2.06. The summed E-state index contributed by atoms with van der Waals surface area (Å²) in [6.45, 7) is 8.36. The van der Waals surface area contributed by atoms with Crippen LogP contribution in [0.1, 0.15) is 10.4 Å². The van der Waals surface area contributed by atoms with Gasteiger partial charge in [-0.2, -0.15) is 0 Å². The average molecular weight is 257 g/mol. The molecule has 19 heavy (non-hydrogen) atoms. The van der Waals surface area contributed by atoms with Crippen LogP contribution in [0, 0.1) is 0 Å². The molecule has 0 fully saturated rings. The van der Waals surface area contributed by atoms with Crippen LogP contribution < -0.4 is 10.6 Å². The van der Waals surface area contributed by atoms with E-state index in [0.29, 0.717) is 18.7 Å². The molecule has 1 aromatic rings. The van der Waals surface area contributed by atoms with E-state index in [1.165, 1.54) is 0 Å². The number of nitrogens with zero attached hydrogens (tertiary/aromatic N) is 3. The van der Waals surface area contributed by atoms with E-state index < -0.39 is 5.91 Å². The first-order chi connectivity index (χ1) is 9.21. The van der Waals surface area contributed by atoms with Gasteiger partial charge in [0, 0.05) is 34.9 Å². The van der Waals surface area contributed by atoms with Crippen LogP contribution in [-0.4, -0.2) is 19.0 Å². The molecular weight excluding hydrogens is 242 g/mol. The van der Waals surface area contributed by atoms with Crippen LogP contribution in [0.3, 0.4) is 0 Å². The van der Waals surface area contributed by atoms with Gasteiger partial charge < -0.3 is 10.6 Å². The van der Waals surface area contributed by atoms with Gasteiger partial charge in [0.1, 0.15) is 0 Å². The van der Waals surface area contributed by atoms with E-state index in [2.05, 4.69) is 33.8 Å². The predicted molar refractivity (Wildman–Crippen MR) is 77.3 cm³/mol. The summed E-state index contributed by atoms with van der Waals surface area (Å²) >= 11 is 0. The first-order valence-electron chi connectivity index (χ1n) is 5.65. The molecule has 0 saturated carbocycles. The fourth-order valence-electron chi connectivity index (χ4n) is 1.43. The SMILES string of the molecule is C=CCNc1cc(NCC=C)cc(C(=O)N=[N+]=[N-])c1. The van der Waals surface area contributed by atoms with Gasteiger partial charge in [0.2, 0.25) is 5.91 Å². The molecule has 0 radical (unpaired) electrons. The maximum absolute atomic E-state index is 11.6. The molecule has 1 aromatic carbocycles. The highest BCUT2D eigenvalue weighted by molar-refractivity contribution is 5.97. The molecule has 0 aliphatic heterocycles. The summed E-state index contributed by atoms with van der Waals surface area (Å²) in [7, 11) is 0. The number of nitrogens with one attached hydrogen (secondary N) is 2. The van der Waals surface area contributed by atoms with Crippen molar-refractivity contribution in [1.82, 2.24) is 0 Å². The standard InChI is InChI=1S/C13H15N5O/c1-3-5-15-11-7-10(13(19)17-18-14)8-12(9-11)16-6-4-2/h3-4,7-9,15-16H,1-2,5-6H2. The van der Waals surface area contributed by atoms with Gasteiger partial charge in [-0.25, -0.2) is 0 Å². The van der Waals surface area contributed by atoms with Crippen molar-refractivity contribution in [2.45, 2.75) is 0 Å². The Balaban J connectivity index is 3.06. The zero-order chi connectivity index (χ0) is 14.1. The molecule has 0 spiro atoms. The quantitative estimate of drug-likeness (QED) is 0.340. The third-order valence-electron chi connectivity index (χ3n) is 2.22. The second-order valence-electron chi connectivity index (χ2n) is 3.63. The van der Waals surface area contributed by atoms with Gasteiger partial charge in [0.15, 0.2) is 0 Å². The summed E-state index contributed by atoms with van der Waals surface area (Å²) in [6.07, 6.45) is 3.41. The topological polar surface area (TPSA) is 89.9 Å². The van der Waals surface area contributed by atoms with Gasteiger partial charge in [0.25, 0.3) is 0 Å². The van der Waals surface area contributed by atoms with Crippen LogP contribution >= 0.6 is 0 Å². The molecule has 98 valence electrons. The molecule has 6 nitrogen and oxygen atoms in total. The normalized spacial score (nSPS) is 9.05. The number of hydrogen-bond donors (Lipinski definition) is 2. The number of amides is 1. The van der Waals surface area contributed by atoms with E-state index >= 15 is 0 Å². The Hall–Kier alpha value is -2.72. The molecule has 6 heteroatoms. The molecule has 0 unspecified atom stereocenters. The second-order valence-corrected chi connectivity index (χ2v) is 3.63. The van der Waals surface area contributed by atoms with Crippen LogP contribution in [0.2, 0.25) is 0 Å². The zero-order valence-electron chi connectivity index (χ0n) is 10.5. The van der Waals surface area contributed by atoms with E-state index in [-0.39, 0.29) is 0 Å². The number of azide groups is 1. The summed E-state index contributed by atoms with van der Waals surface area (Å²) in [5.41, 5.74) is 10.1. The van der Waals surface area contributed by atoms with Crippen molar-refractivity contribution < 1.29 is 4.79 Å². The Morgan fingerprint density at radius 3 is 2.16 bits per heavy atom. The van der Waals surface area contributed by atoms with Crippen molar-refractivity contribution in [1.29, 1.82) is 0 Å². The van der Waals surface area contributed by atoms with Crippen molar-refractivity contribution >= 4 is 17.3 Å². The van der Waals surface area contributed by atoms with Crippen LogP contribution in [0.5, 0.6) is 0 Å². The second kappa shape index (κ2) is 7.58. The van der Waals surface area contributed by atoms with Crippen LogP contribution in [0.15, 0.2) is 48.6 Å². The summed E-state index contributed by atoms with van der Waals surface area (Å²) in [4.78, 5) is 14.1. The first-order valence-corrected chi connectivity index (χ1v) is 5.65. The van der Waals surface area contributed by atoms with Crippen molar-refractivity contribution in [3.8, 4) is 0 Å². The number of hydrogen-bond acceptors (Lipinski definition) is 3. The molecule has 0 aromatic heterocycles. The molecule has 1 amide bonds. The van der Waals surface area contributed by atoms with Gasteiger partial charge in [-0.3, -0.25) is 4.79 Å². The zero-order valence-corrected chi connectivity index (χ0v) is 10.5. The van der Waals surface area contributed by atoms with Crippen LogP contribution in [0.25, 0.3) is 10.4 Å². The molecule has 1 rings (SSSR count). The van der Waals surface area contributed by atoms with Gasteiger partial charge in [-0.1, -0.05) is 12.2 Å². The van der Waals surface area contributed by atoms with Crippen LogP contribution in [0.4, 0.5) is 11.4 Å². The highest BCUT2D eigenvalue weighted by atomic mass is 16.1. The van der Waals surface area contributed by atoms with Crippen LogP contribution in [-0.2, 0) is 0 Å². The summed E-state index contributed by atoms with van der Waals surface area (Å²) < 4.78 is 0. The number of carbonyl (C=O) groups excluding carboxylic acids is 1. The Morgan fingerprint density at radius 1 is 1.21 bits per heavy atom. The monoisotopic (exact) mass is 257 g/mol. The molecule has 0 atom stereocenters. The summed E-state index contributed by atoms with van der Waals surface area (Å²) in [5, 5.41) is 9.24. The molecule has 0 aliphatic carbocycles. The minimum atomic E-state index is -0.619. The van der Waals surface area contributed by atoms with E-state index in [1.54, 1.807) is 24.3 Å². The fraction of sp³-hybridized carbons (Fsp3) is 0.154. The Bertz CT molecular complexity index is 502. The van der Waals surface area contributed by atoms with Crippen molar-refractivity contribution in [2.75, 3.05) is 23.7 Å². The van der Waals surface area contributed by atoms with Crippen molar-refractivity contribution in [2.24, 2.45) is 5.11 Å². The molecular formula is C13H15N5O. The minimum absolute atomic E-state index is 0.318. The summed E-state index contributed by atoms with van der Waals surface area (Å²) in [6, 6.07) is 5.10. The van der Waals surface area contributed by atoms with Gasteiger partial charge in [-0.05, 0) is 28.8 Å². The Kier molecular flexibility index (Phi) is 5.72. The molecule has 0 aliphatic rings. The van der Waals surface area contributed by atoms with Crippen molar-refractivity contribution in [3.63, 3.8) is 0 Å². The third kappa shape index (κ3) is 4.57.